The Balaban J connectivity index is 1.73. The fourth-order valence-corrected chi connectivity index (χ4v) is 3.06. The smallest absolute Gasteiger partial charge is 0.189 e. The second-order valence-corrected chi connectivity index (χ2v) is 5.41. The number of para-hydroxylation sites is 2. The van der Waals surface area contributed by atoms with E-state index in [4.69, 9.17) is 0 Å². The molecule has 0 amide bonds. The van der Waals surface area contributed by atoms with Crippen molar-refractivity contribution in [1.82, 2.24) is 9.97 Å². The highest BCUT2D eigenvalue weighted by atomic mass is 32.1. The standard InChI is InChI=1S/C15H11N3S/c1-2-6-11-10(5-1)9-14(16-11)18-15-17-12-7-3-4-8-13(12)19-15/h1-9,16H,(H,17,18). The number of aromatic amines is 1. The molecule has 2 aromatic carbocycles. The van der Waals surface area contributed by atoms with Crippen LogP contribution in [-0.4, -0.2) is 9.97 Å². The first-order valence-corrected chi connectivity index (χ1v) is 6.90. The monoisotopic (exact) mass is 265 g/mol. The van der Waals surface area contributed by atoms with E-state index >= 15 is 0 Å². The van der Waals surface area contributed by atoms with E-state index in [1.807, 2.05) is 30.3 Å². The summed E-state index contributed by atoms with van der Waals surface area (Å²) in [5, 5.41) is 5.44. The summed E-state index contributed by atoms with van der Waals surface area (Å²) in [6.45, 7) is 0. The van der Waals surface area contributed by atoms with Crippen molar-refractivity contribution >= 4 is 43.4 Å². The van der Waals surface area contributed by atoms with Gasteiger partial charge in [0.25, 0.3) is 0 Å². The third kappa shape index (κ3) is 1.86. The number of hydrogen-bond donors (Lipinski definition) is 2. The van der Waals surface area contributed by atoms with Gasteiger partial charge in [-0.15, -0.1) is 0 Å². The number of nitrogens with zero attached hydrogens (tertiary/aromatic N) is 1. The summed E-state index contributed by atoms with van der Waals surface area (Å²) >= 11 is 1.66. The second-order valence-electron chi connectivity index (χ2n) is 4.38. The van der Waals surface area contributed by atoms with E-state index in [1.165, 1.54) is 10.1 Å². The molecular weight excluding hydrogens is 254 g/mol. The van der Waals surface area contributed by atoms with Crippen LogP contribution >= 0.6 is 11.3 Å². The zero-order chi connectivity index (χ0) is 12.7. The van der Waals surface area contributed by atoms with Gasteiger partial charge >= 0.3 is 0 Å². The molecule has 2 heterocycles. The highest BCUT2D eigenvalue weighted by molar-refractivity contribution is 7.22. The van der Waals surface area contributed by atoms with Crippen LogP contribution in [0.3, 0.4) is 0 Å². The molecule has 0 unspecified atom stereocenters. The van der Waals surface area contributed by atoms with Crippen LogP contribution in [0.1, 0.15) is 0 Å². The largest absolute Gasteiger partial charge is 0.341 e. The van der Waals surface area contributed by atoms with E-state index in [1.54, 1.807) is 11.3 Å². The van der Waals surface area contributed by atoms with Gasteiger partial charge < -0.3 is 10.3 Å². The van der Waals surface area contributed by atoms with Gasteiger partial charge in [0.2, 0.25) is 0 Å². The van der Waals surface area contributed by atoms with Gasteiger partial charge in [0, 0.05) is 10.9 Å². The molecule has 0 fully saturated rings. The zero-order valence-corrected chi connectivity index (χ0v) is 10.9. The molecular formula is C15H11N3S. The molecule has 0 aliphatic rings. The number of hydrogen-bond acceptors (Lipinski definition) is 3. The number of nitrogens with one attached hydrogen (secondary N) is 2. The molecule has 0 spiro atoms. The lowest BCUT2D eigenvalue weighted by atomic mass is 10.2. The molecule has 4 rings (SSSR count). The average Bonchev–Trinajstić information content (AvgIpc) is 3.00. The molecule has 4 aromatic rings. The third-order valence-electron chi connectivity index (χ3n) is 3.07. The van der Waals surface area contributed by atoms with E-state index < -0.39 is 0 Å². The van der Waals surface area contributed by atoms with Crippen LogP contribution in [0.5, 0.6) is 0 Å². The zero-order valence-electron chi connectivity index (χ0n) is 10.1. The third-order valence-corrected chi connectivity index (χ3v) is 4.02. The van der Waals surface area contributed by atoms with Gasteiger partial charge in [-0.2, -0.15) is 0 Å². The van der Waals surface area contributed by atoms with Crippen molar-refractivity contribution in [3.8, 4) is 0 Å². The minimum Gasteiger partial charge on any atom is -0.341 e. The molecule has 0 saturated carbocycles. The van der Waals surface area contributed by atoms with Gasteiger partial charge in [-0.25, -0.2) is 4.98 Å². The predicted octanol–water partition coefficient (Wildman–Crippen LogP) is 4.52. The molecule has 0 aliphatic heterocycles. The first kappa shape index (κ1) is 10.6. The number of anilines is 2. The highest BCUT2D eigenvalue weighted by Crippen LogP contribution is 2.28. The molecule has 4 heteroatoms. The van der Waals surface area contributed by atoms with Gasteiger partial charge in [0.1, 0.15) is 5.82 Å². The van der Waals surface area contributed by atoms with E-state index in [0.29, 0.717) is 0 Å². The van der Waals surface area contributed by atoms with Crippen LogP contribution < -0.4 is 5.32 Å². The summed E-state index contributed by atoms with van der Waals surface area (Å²) < 4.78 is 1.20. The van der Waals surface area contributed by atoms with Crippen LogP contribution in [0.25, 0.3) is 21.1 Å². The maximum absolute atomic E-state index is 4.57. The fourth-order valence-electron chi connectivity index (χ4n) is 2.18. The van der Waals surface area contributed by atoms with Crippen molar-refractivity contribution in [3.63, 3.8) is 0 Å². The molecule has 0 atom stereocenters. The molecule has 0 aliphatic carbocycles. The average molecular weight is 265 g/mol. The Bertz CT molecular complexity index is 722. The van der Waals surface area contributed by atoms with Gasteiger partial charge in [-0.3, -0.25) is 0 Å². The van der Waals surface area contributed by atoms with Gasteiger partial charge in [0.05, 0.1) is 10.2 Å². The van der Waals surface area contributed by atoms with E-state index in [9.17, 15) is 0 Å². The molecule has 0 radical (unpaired) electrons. The van der Waals surface area contributed by atoms with Crippen LogP contribution in [-0.2, 0) is 0 Å². The molecule has 2 N–H and O–H groups in total. The maximum atomic E-state index is 4.57. The highest BCUT2D eigenvalue weighted by Gasteiger charge is 2.05. The van der Waals surface area contributed by atoms with Crippen LogP contribution in [0.2, 0.25) is 0 Å². The number of aromatic nitrogens is 2. The summed E-state index contributed by atoms with van der Waals surface area (Å²) in [6.07, 6.45) is 0. The summed E-state index contributed by atoms with van der Waals surface area (Å²) in [5.41, 5.74) is 2.16. The van der Waals surface area contributed by atoms with Crippen molar-refractivity contribution < 1.29 is 0 Å². The molecule has 0 bridgehead atoms. The number of fused-ring (bicyclic) bond motifs is 2. The first-order chi connectivity index (χ1) is 9.38. The van der Waals surface area contributed by atoms with Crippen molar-refractivity contribution in [2.45, 2.75) is 0 Å². The summed E-state index contributed by atoms with van der Waals surface area (Å²) in [5.74, 6) is 0.972. The topological polar surface area (TPSA) is 40.7 Å². The SMILES string of the molecule is c1ccc2[nH]c(Nc3nc4ccccc4s3)cc2c1. The molecule has 3 nitrogen and oxygen atoms in total. The Morgan fingerprint density at radius 1 is 1.00 bits per heavy atom. The van der Waals surface area contributed by atoms with Crippen molar-refractivity contribution in [1.29, 1.82) is 0 Å². The van der Waals surface area contributed by atoms with Crippen LogP contribution in [0.15, 0.2) is 54.6 Å². The lowest BCUT2D eigenvalue weighted by molar-refractivity contribution is 1.38. The first-order valence-electron chi connectivity index (χ1n) is 6.09. The Kier molecular flexibility index (Phi) is 2.28. The summed E-state index contributed by atoms with van der Waals surface area (Å²) in [7, 11) is 0. The summed E-state index contributed by atoms with van der Waals surface area (Å²) in [6, 6.07) is 18.5. The molecule has 92 valence electrons. The number of benzene rings is 2. The summed E-state index contributed by atoms with van der Waals surface area (Å²) in [4.78, 5) is 7.91. The quantitative estimate of drug-likeness (QED) is 0.559. The number of rotatable bonds is 2. The van der Waals surface area contributed by atoms with Crippen molar-refractivity contribution in [2.24, 2.45) is 0 Å². The molecule has 0 saturated heterocycles. The molecule has 2 aromatic heterocycles. The van der Waals surface area contributed by atoms with Crippen LogP contribution in [0, 0.1) is 0 Å². The fraction of sp³-hybridized carbons (Fsp3) is 0. The van der Waals surface area contributed by atoms with Gasteiger partial charge in [0.15, 0.2) is 5.13 Å². The maximum Gasteiger partial charge on any atom is 0.189 e. The second kappa shape index (κ2) is 4.10. The Morgan fingerprint density at radius 2 is 1.84 bits per heavy atom. The minimum atomic E-state index is 0.910. The minimum absolute atomic E-state index is 0.910. The van der Waals surface area contributed by atoms with Gasteiger partial charge in [-0.05, 0) is 24.3 Å². The van der Waals surface area contributed by atoms with E-state index in [0.717, 1.165) is 22.0 Å². The predicted molar refractivity (Wildman–Crippen MR) is 81.2 cm³/mol. The Hall–Kier alpha value is -2.33. The Morgan fingerprint density at radius 3 is 2.74 bits per heavy atom. The van der Waals surface area contributed by atoms with Crippen molar-refractivity contribution in [3.05, 3.63) is 54.6 Å². The normalized spacial score (nSPS) is 11.2. The number of H-pyrrole nitrogens is 1. The number of thiazole rings is 1. The Labute approximate surface area is 113 Å². The van der Waals surface area contributed by atoms with Gasteiger partial charge in [-0.1, -0.05) is 41.7 Å². The lowest BCUT2D eigenvalue weighted by Crippen LogP contribution is -1.88. The van der Waals surface area contributed by atoms with E-state index in [-0.39, 0.29) is 0 Å². The van der Waals surface area contributed by atoms with Crippen LogP contribution in [0.4, 0.5) is 10.9 Å². The lowest BCUT2D eigenvalue weighted by Gasteiger charge is -1.96. The van der Waals surface area contributed by atoms with Crippen molar-refractivity contribution in [2.75, 3.05) is 5.32 Å². The van der Waals surface area contributed by atoms with E-state index in [2.05, 4.69) is 39.6 Å². The molecule has 19 heavy (non-hydrogen) atoms.